The van der Waals surface area contributed by atoms with Crippen LogP contribution in [-0.4, -0.2) is 23.1 Å². The molecule has 0 aliphatic carbocycles. The molecule has 212 valence electrons. The van der Waals surface area contributed by atoms with E-state index in [1.165, 1.54) is 6.21 Å². The lowest BCUT2D eigenvalue weighted by Crippen LogP contribution is -2.19. The van der Waals surface area contributed by atoms with Gasteiger partial charge in [-0.3, -0.25) is 4.79 Å². The van der Waals surface area contributed by atoms with Crippen molar-refractivity contribution >= 4 is 99.2 Å². The minimum Gasteiger partial charge on any atom is -0.421 e. The predicted octanol–water partition coefficient (Wildman–Crippen LogP) is 9.91. The molecule has 5 aromatic carbocycles. The molecule has 0 fully saturated rings. The minimum atomic E-state index is -0.538. The van der Waals surface area contributed by atoms with Crippen LogP contribution in [0.2, 0.25) is 5.02 Å². The van der Waals surface area contributed by atoms with Crippen molar-refractivity contribution in [1.82, 2.24) is 10.4 Å². The molecule has 0 radical (unpaired) electrons. The summed E-state index contributed by atoms with van der Waals surface area (Å²) >= 11 is 16.9. The number of benzene rings is 5. The van der Waals surface area contributed by atoms with E-state index in [9.17, 15) is 9.59 Å². The first-order valence-electron chi connectivity index (χ1n) is 12.9. The fourth-order valence-corrected chi connectivity index (χ4v) is 6.62. The SMILES string of the molecule is O=C(Oc1c(Br)cc(Br)cc1C=NNC(=O)c1[nH]c2c(ccc3ccccc32)c1-c1ccccc1Cl)c1ccc(Br)cc1. The highest BCUT2D eigenvalue weighted by molar-refractivity contribution is 9.11. The van der Waals surface area contributed by atoms with Crippen LogP contribution in [-0.2, 0) is 0 Å². The first-order valence-corrected chi connectivity index (χ1v) is 15.6. The summed E-state index contributed by atoms with van der Waals surface area (Å²) in [6.07, 6.45) is 1.42. The highest BCUT2D eigenvalue weighted by atomic mass is 79.9. The number of esters is 1. The van der Waals surface area contributed by atoms with Gasteiger partial charge in [-0.1, -0.05) is 98.1 Å². The van der Waals surface area contributed by atoms with E-state index in [2.05, 4.69) is 63.3 Å². The van der Waals surface area contributed by atoms with Gasteiger partial charge >= 0.3 is 5.97 Å². The minimum absolute atomic E-state index is 0.253. The van der Waals surface area contributed by atoms with Crippen LogP contribution in [0.4, 0.5) is 0 Å². The maximum Gasteiger partial charge on any atom is 0.343 e. The van der Waals surface area contributed by atoms with E-state index in [1.54, 1.807) is 42.5 Å². The first kappa shape index (κ1) is 29.3. The van der Waals surface area contributed by atoms with Crippen LogP contribution in [0.15, 0.2) is 116 Å². The van der Waals surface area contributed by atoms with Gasteiger partial charge in [-0.25, -0.2) is 10.2 Å². The second-order valence-electron chi connectivity index (χ2n) is 9.47. The van der Waals surface area contributed by atoms with E-state index >= 15 is 0 Å². The van der Waals surface area contributed by atoms with Crippen molar-refractivity contribution in [2.75, 3.05) is 0 Å². The standard InChI is InChI=1S/C33H19Br3ClN3O3/c34-21-12-9-19(10-13-21)33(42)43-31-20(15-22(35)16-26(31)36)17-38-40-32(41)30-28(24-7-3-4-8-27(24)37)25-14-11-18-5-1-2-6-23(18)29(25)39-30/h1-17,39H,(H,40,41). The summed E-state index contributed by atoms with van der Waals surface area (Å²) in [6, 6.07) is 29.7. The second-order valence-corrected chi connectivity index (χ2v) is 12.6. The molecule has 0 spiro atoms. The number of carbonyl (C=O) groups excluding carboxylic acids is 2. The van der Waals surface area contributed by atoms with Crippen LogP contribution in [0.5, 0.6) is 5.75 Å². The molecule has 6 rings (SSSR count). The molecule has 0 unspecified atom stereocenters. The predicted molar refractivity (Wildman–Crippen MR) is 182 cm³/mol. The summed E-state index contributed by atoms with van der Waals surface area (Å²) in [5.74, 6) is -0.749. The van der Waals surface area contributed by atoms with Gasteiger partial charge in [0, 0.05) is 41.4 Å². The Morgan fingerprint density at radius 3 is 2.37 bits per heavy atom. The molecule has 1 heterocycles. The number of amides is 1. The molecule has 0 saturated heterocycles. The van der Waals surface area contributed by atoms with Gasteiger partial charge in [0.05, 0.1) is 21.8 Å². The van der Waals surface area contributed by atoms with Crippen LogP contribution in [0.25, 0.3) is 32.8 Å². The second kappa shape index (κ2) is 12.5. The molecule has 6 aromatic rings. The molecular weight excluding hydrogens is 762 g/mol. The van der Waals surface area contributed by atoms with Gasteiger partial charge in [0.1, 0.15) is 5.69 Å². The number of nitrogens with one attached hydrogen (secondary N) is 2. The van der Waals surface area contributed by atoms with Crippen LogP contribution in [0.1, 0.15) is 26.4 Å². The maximum absolute atomic E-state index is 13.6. The van der Waals surface area contributed by atoms with Crippen LogP contribution >= 0.6 is 59.4 Å². The third-order valence-electron chi connectivity index (χ3n) is 6.75. The lowest BCUT2D eigenvalue weighted by atomic mass is 9.99. The van der Waals surface area contributed by atoms with Crippen molar-refractivity contribution < 1.29 is 14.3 Å². The largest absolute Gasteiger partial charge is 0.421 e. The Morgan fingerprint density at radius 1 is 0.837 bits per heavy atom. The molecule has 0 aliphatic rings. The number of fused-ring (bicyclic) bond motifs is 3. The Bertz CT molecular complexity index is 2070. The quantitative estimate of drug-likeness (QED) is 0.0765. The summed E-state index contributed by atoms with van der Waals surface area (Å²) in [7, 11) is 0. The summed E-state index contributed by atoms with van der Waals surface area (Å²) in [5, 5.41) is 7.62. The van der Waals surface area contributed by atoms with Crippen molar-refractivity contribution in [3.8, 4) is 16.9 Å². The fourth-order valence-electron chi connectivity index (χ4n) is 4.79. The molecule has 6 nitrogen and oxygen atoms in total. The van der Waals surface area contributed by atoms with Crippen molar-refractivity contribution in [3.63, 3.8) is 0 Å². The summed E-state index contributed by atoms with van der Waals surface area (Å²) in [4.78, 5) is 29.8. The number of aromatic nitrogens is 1. The number of H-pyrrole nitrogens is 1. The number of hydrogen-bond donors (Lipinski definition) is 2. The van der Waals surface area contributed by atoms with E-state index in [-0.39, 0.29) is 5.75 Å². The highest BCUT2D eigenvalue weighted by Gasteiger charge is 2.22. The number of nitrogens with zero attached hydrogens (tertiary/aromatic N) is 1. The lowest BCUT2D eigenvalue weighted by molar-refractivity contribution is 0.0733. The monoisotopic (exact) mass is 777 g/mol. The number of rotatable bonds is 6. The molecule has 0 atom stereocenters. The Hall–Kier alpha value is -3.76. The first-order chi connectivity index (χ1) is 20.8. The maximum atomic E-state index is 13.6. The van der Waals surface area contributed by atoms with E-state index in [0.29, 0.717) is 31.9 Å². The average molecular weight is 781 g/mol. The molecule has 43 heavy (non-hydrogen) atoms. The number of aromatic amines is 1. The molecule has 1 aromatic heterocycles. The molecule has 0 saturated carbocycles. The fraction of sp³-hybridized carbons (Fsp3) is 0. The van der Waals surface area contributed by atoms with Crippen molar-refractivity contribution in [3.05, 3.63) is 132 Å². The van der Waals surface area contributed by atoms with Gasteiger partial charge in [-0.2, -0.15) is 5.10 Å². The Kier molecular flexibility index (Phi) is 8.50. The van der Waals surface area contributed by atoms with Crippen LogP contribution < -0.4 is 10.2 Å². The number of halogens is 4. The summed E-state index contributed by atoms with van der Waals surface area (Å²) in [5.41, 5.74) is 5.99. The van der Waals surface area contributed by atoms with Crippen molar-refractivity contribution in [2.45, 2.75) is 0 Å². The van der Waals surface area contributed by atoms with Gasteiger partial charge in [0.15, 0.2) is 5.75 Å². The Balaban J connectivity index is 1.35. The molecular formula is C33H19Br3ClN3O3. The average Bonchev–Trinajstić information content (AvgIpc) is 3.39. The molecule has 2 N–H and O–H groups in total. The lowest BCUT2D eigenvalue weighted by Gasteiger charge is -2.11. The van der Waals surface area contributed by atoms with Gasteiger partial charge in [0.25, 0.3) is 5.91 Å². The zero-order valence-corrected chi connectivity index (χ0v) is 27.5. The molecule has 1 amide bonds. The summed E-state index contributed by atoms with van der Waals surface area (Å²) < 4.78 is 7.82. The van der Waals surface area contributed by atoms with E-state index in [0.717, 1.165) is 36.2 Å². The third kappa shape index (κ3) is 6.03. The van der Waals surface area contributed by atoms with E-state index in [4.69, 9.17) is 16.3 Å². The van der Waals surface area contributed by atoms with E-state index < -0.39 is 11.9 Å². The molecule has 0 aliphatic heterocycles. The number of hydrazone groups is 1. The third-order valence-corrected chi connectivity index (χ3v) is 8.66. The normalized spacial score (nSPS) is 11.3. The topological polar surface area (TPSA) is 83.5 Å². The number of carbonyl (C=O) groups is 2. The highest BCUT2D eigenvalue weighted by Crippen LogP contribution is 2.39. The van der Waals surface area contributed by atoms with Gasteiger partial charge in [-0.05, 0) is 63.8 Å². The smallest absolute Gasteiger partial charge is 0.343 e. The Labute approximate surface area is 276 Å². The zero-order valence-electron chi connectivity index (χ0n) is 22.0. The van der Waals surface area contributed by atoms with Crippen molar-refractivity contribution in [1.29, 1.82) is 0 Å². The van der Waals surface area contributed by atoms with Crippen LogP contribution in [0, 0.1) is 0 Å². The Morgan fingerprint density at radius 2 is 1.58 bits per heavy atom. The van der Waals surface area contributed by atoms with Crippen molar-refractivity contribution in [2.24, 2.45) is 5.10 Å². The number of hydrogen-bond acceptors (Lipinski definition) is 4. The number of ether oxygens (including phenoxy) is 1. The van der Waals surface area contributed by atoms with E-state index in [1.807, 2.05) is 54.6 Å². The molecule has 10 heteroatoms. The summed E-state index contributed by atoms with van der Waals surface area (Å²) in [6.45, 7) is 0. The van der Waals surface area contributed by atoms with Gasteiger partial charge in [-0.15, -0.1) is 0 Å². The van der Waals surface area contributed by atoms with Gasteiger partial charge < -0.3 is 9.72 Å². The molecule has 0 bridgehead atoms. The zero-order chi connectivity index (χ0) is 30.1. The van der Waals surface area contributed by atoms with Gasteiger partial charge in [0.2, 0.25) is 0 Å². The van der Waals surface area contributed by atoms with Crippen LogP contribution in [0.3, 0.4) is 0 Å².